The van der Waals surface area contributed by atoms with E-state index >= 15 is 0 Å². The lowest BCUT2D eigenvalue weighted by molar-refractivity contribution is -0.111. The average molecular weight is 341 g/mol. The molecule has 2 aromatic rings. The van der Waals surface area contributed by atoms with E-state index in [-0.39, 0.29) is 5.91 Å². The predicted molar refractivity (Wildman–Crippen MR) is 99.1 cm³/mol. The second-order valence-corrected chi connectivity index (χ2v) is 5.11. The van der Waals surface area contributed by atoms with E-state index in [4.69, 9.17) is 14.2 Å². The minimum Gasteiger partial charge on any atom is -0.496 e. The lowest BCUT2D eigenvalue weighted by atomic mass is 10.2. The average Bonchev–Trinajstić information content (AvgIpc) is 2.65. The third-order valence-electron chi connectivity index (χ3n) is 3.39. The van der Waals surface area contributed by atoms with Crippen LogP contribution in [0.2, 0.25) is 0 Å². The lowest BCUT2D eigenvalue weighted by Crippen LogP contribution is -2.11. The van der Waals surface area contributed by atoms with E-state index in [9.17, 15) is 4.79 Å². The maximum absolute atomic E-state index is 12.2. The highest BCUT2D eigenvalue weighted by molar-refractivity contribution is 6.02. The standard InChI is InChI=1S/C20H23NO4/c1-3-24-14-15-25-19-11-7-5-9-17(19)21-20(22)13-12-16-8-4-6-10-18(16)23-2/h4-13H,3,14-15H2,1-2H3,(H,21,22)/b13-12+. The molecule has 0 heterocycles. The first-order chi connectivity index (χ1) is 12.2. The summed E-state index contributed by atoms with van der Waals surface area (Å²) in [6.45, 7) is 3.52. The number of carbonyl (C=O) groups excluding carboxylic acids is 1. The van der Waals surface area contributed by atoms with Gasteiger partial charge in [-0.25, -0.2) is 0 Å². The van der Waals surface area contributed by atoms with Gasteiger partial charge in [0, 0.05) is 18.2 Å². The highest BCUT2D eigenvalue weighted by Gasteiger charge is 2.06. The highest BCUT2D eigenvalue weighted by atomic mass is 16.5. The van der Waals surface area contributed by atoms with Crippen molar-refractivity contribution in [3.8, 4) is 11.5 Å². The summed E-state index contributed by atoms with van der Waals surface area (Å²) in [7, 11) is 1.60. The molecule has 0 saturated heterocycles. The van der Waals surface area contributed by atoms with Gasteiger partial charge in [0.15, 0.2) is 0 Å². The Morgan fingerprint density at radius 3 is 2.52 bits per heavy atom. The zero-order valence-corrected chi connectivity index (χ0v) is 14.5. The van der Waals surface area contributed by atoms with Crippen molar-refractivity contribution in [2.24, 2.45) is 0 Å². The number of hydrogen-bond acceptors (Lipinski definition) is 4. The summed E-state index contributed by atoms with van der Waals surface area (Å²) in [5, 5.41) is 2.83. The van der Waals surface area contributed by atoms with Gasteiger partial charge < -0.3 is 19.5 Å². The van der Waals surface area contributed by atoms with Gasteiger partial charge in [0.2, 0.25) is 5.91 Å². The van der Waals surface area contributed by atoms with E-state index in [1.165, 1.54) is 6.08 Å². The number of para-hydroxylation sites is 3. The Morgan fingerprint density at radius 1 is 1.04 bits per heavy atom. The number of ether oxygens (including phenoxy) is 3. The molecule has 5 nitrogen and oxygen atoms in total. The molecule has 0 fully saturated rings. The van der Waals surface area contributed by atoms with Crippen molar-refractivity contribution in [2.75, 3.05) is 32.2 Å². The Hall–Kier alpha value is -2.79. The molecule has 5 heteroatoms. The van der Waals surface area contributed by atoms with Gasteiger partial charge in [0.1, 0.15) is 18.1 Å². The molecular weight excluding hydrogens is 318 g/mol. The summed E-state index contributed by atoms with van der Waals surface area (Å²) in [5.41, 5.74) is 1.45. The van der Waals surface area contributed by atoms with Crippen LogP contribution in [0.3, 0.4) is 0 Å². The first-order valence-corrected chi connectivity index (χ1v) is 8.16. The molecular formula is C20H23NO4. The van der Waals surface area contributed by atoms with Crippen molar-refractivity contribution in [3.63, 3.8) is 0 Å². The van der Waals surface area contributed by atoms with E-state index < -0.39 is 0 Å². The number of rotatable bonds is 9. The first kappa shape index (κ1) is 18.5. The third-order valence-corrected chi connectivity index (χ3v) is 3.39. The van der Waals surface area contributed by atoms with Gasteiger partial charge >= 0.3 is 0 Å². The van der Waals surface area contributed by atoms with Gasteiger partial charge in [-0.05, 0) is 31.2 Å². The van der Waals surface area contributed by atoms with E-state index in [1.54, 1.807) is 19.3 Å². The largest absolute Gasteiger partial charge is 0.496 e. The number of nitrogens with one attached hydrogen (secondary N) is 1. The number of benzene rings is 2. The Balaban J connectivity index is 1.99. The van der Waals surface area contributed by atoms with E-state index in [2.05, 4.69) is 5.32 Å². The van der Waals surface area contributed by atoms with Crippen LogP contribution in [0.5, 0.6) is 11.5 Å². The molecule has 0 aromatic heterocycles. The maximum Gasteiger partial charge on any atom is 0.248 e. The normalized spacial score (nSPS) is 10.6. The summed E-state index contributed by atoms with van der Waals surface area (Å²) in [5.74, 6) is 1.08. The molecule has 1 amide bonds. The number of hydrogen-bond donors (Lipinski definition) is 1. The molecule has 2 aromatic carbocycles. The second kappa shape index (κ2) is 10.2. The van der Waals surface area contributed by atoms with Crippen molar-refractivity contribution in [2.45, 2.75) is 6.92 Å². The quantitative estimate of drug-likeness (QED) is 0.557. The fourth-order valence-corrected chi connectivity index (χ4v) is 2.19. The molecule has 0 radical (unpaired) electrons. The number of amides is 1. The molecule has 0 atom stereocenters. The lowest BCUT2D eigenvalue weighted by Gasteiger charge is -2.11. The molecule has 0 aliphatic carbocycles. The van der Waals surface area contributed by atoms with Crippen LogP contribution >= 0.6 is 0 Å². The molecule has 0 spiro atoms. The monoisotopic (exact) mass is 341 g/mol. The summed E-state index contributed by atoms with van der Waals surface area (Å²) in [6.07, 6.45) is 3.18. The van der Waals surface area contributed by atoms with Gasteiger partial charge in [-0.2, -0.15) is 0 Å². The van der Waals surface area contributed by atoms with E-state index in [0.717, 1.165) is 5.56 Å². The molecule has 0 saturated carbocycles. The van der Waals surface area contributed by atoms with Gasteiger partial charge in [0.05, 0.1) is 19.4 Å². The van der Waals surface area contributed by atoms with Crippen LogP contribution < -0.4 is 14.8 Å². The van der Waals surface area contributed by atoms with Gasteiger partial charge in [-0.1, -0.05) is 30.3 Å². The van der Waals surface area contributed by atoms with E-state index in [0.29, 0.717) is 37.0 Å². The van der Waals surface area contributed by atoms with Crippen LogP contribution in [-0.4, -0.2) is 32.8 Å². The van der Waals surface area contributed by atoms with Crippen LogP contribution in [0.4, 0.5) is 5.69 Å². The SMILES string of the molecule is CCOCCOc1ccccc1NC(=O)/C=C/c1ccccc1OC. The van der Waals surface area contributed by atoms with Gasteiger partial charge in [-0.15, -0.1) is 0 Å². The summed E-state index contributed by atoms with van der Waals surface area (Å²) < 4.78 is 16.2. The Bertz CT molecular complexity index is 712. The fourth-order valence-electron chi connectivity index (χ4n) is 2.19. The molecule has 0 bridgehead atoms. The van der Waals surface area contributed by atoms with Crippen molar-refractivity contribution < 1.29 is 19.0 Å². The predicted octanol–water partition coefficient (Wildman–Crippen LogP) is 3.76. The van der Waals surface area contributed by atoms with Crippen LogP contribution in [0, 0.1) is 0 Å². The van der Waals surface area contributed by atoms with Crippen LogP contribution in [-0.2, 0) is 9.53 Å². The molecule has 0 aliphatic heterocycles. The zero-order valence-electron chi connectivity index (χ0n) is 14.5. The zero-order chi connectivity index (χ0) is 17.9. The van der Waals surface area contributed by atoms with Gasteiger partial charge in [0.25, 0.3) is 0 Å². The number of carbonyl (C=O) groups is 1. The topological polar surface area (TPSA) is 56.8 Å². The van der Waals surface area contributed by atoms with E-state index in [1.807, 2.05) is 49.4 Å². The molecule has 2 rings (SSSR count). The summed E-state index contributed by atoms with van der Waals surface area (Å²) in [6, 6.07) is 14.8. The Labute approximate surface area is 148 Å². The van der Waals surface area contributed by atoms with Crippen LogP contribution in [0.1, 0.15) is 12.5 Å². The summed E-state index contributed by atoms with van der Waals surface area (Å²) >= 11 is 0. The minimum atomic E-state index is -0.244. The summed E-state index contributed by atoms with van der Waals surface area (Å²) in [4.78, 5) is 12.2. The Morgan fingerprint density at radius 2 is 1.76 bits per heavy atom. The maximum atomic E-state index is 12.2. The van der Waals surface area contributed by atoms with Crippen molar-refractivity contribution >= 4 is 17.7 Å². The van der Waals surface area contributed by atoms with Crippen molar-refractivity contribution in [1.82, 2.24) is 0 Å². The third kappa shape index (κ3) is 5.97. The minimum absolute atomic E-state index is 0.244. The second-order valence-electron chi connectivity index (χ2n) is 5.11. The Kier molecular flexibility index (Phi) is 7.53. The molecule has 0 aliphatic rings. The van der Waals surface area contributed by atoms with Crippen LogP contribution in [0.25, 0.3) is 6.08 Å². The van der Waals surface area contributed by atoms with Gasteiger partial charge in [-0.3, -0.25) is 4.79 Å². The number of methoxy groups -OCH3 is 1. The molecule has 132 valence electrons. The smallest absolute Gasteiger partial charge is 0.248 e. The van der Waals surface area contributed by atoms with Crippen LogP contribution in [0.15, 0.2) is 54.6 Å². The van der Waals surface area contributed by atoms with Crippen molar-refractivity contribution in [3.05, 3.63) is 60.2 Å². The highest BCUT2D eigenvalue weighted by Crippen LogP contribution is 2.24. The molecule has 0 unspecified atom stereocenters. The van der Waals surface area contributed by atoms with Crippen molar-refractivity contribution in [1.29, 1.82) is 0 Å². The number of anilines is 1. The molecule has 25 heavy (non-hydrogen) atoms. The fraction of sp³-hybridized carbons (Fsp3) is 0.250. The first-order valence-electron chi connectivity index (χ1n) is 8.16. The molecule has 1 N–H and O–H groups in total.